The van der Waals surface area contributed by atoms with Crippen LogP contribution >= 0.6 is 0 Å². The lowest BCUT2D eigenvalue weighted by atomic mass is 9.87. The molecule has 0 aromatic heterocycles. The highest BCUT2D eigenvalue weighted by Crippen LogP contribution is 2.42. The topological polar surface area (TPSA) is 66.8 Å². The van der Waals surface area contributed by atoms with E-state index in [0.717, 1.165) is 29.2 Å². The number of carboxylic acid groups (broad SMARTS) is 1. The first-order valence-electron chi connectivity index (χ1n) is 14.1. The summed E-state index contributed by atoms with van der Waals surface area (Å²) in [6, 6.07) is 5.83. The zero-order valence-corrected chi connectivity index (χ0v) is 24.5. The highest BCUT2D eigenvalue weighted by molar-refractivity contribution is 5.90. The van der Waals surface area contributed by atoms with Gasteiger partial charge in [0.2, 0.25) is 0 Å². The number of carbonyl (C=O) groups excluding carboxylic acids is 1. The summed E-state index contributed by atoms with van der Waals surface area (Å²) in [7, 11) is 0. The highest BCUT2D eigenvalue weighted by atomic mass is 19.4. The molecule has 2 aliphatic rings. The van der Waals surface area contributed by atoms with Gasteiger partial charge in [-0.25, -0.2) is 14.0 Å². The maximum atomic E-state index is 15.0. The van der Waals surface area contributed by atoms with Gasteiger partial charge in [0.15, 0.2) is 0 Å². The molecule has 1 amide bonds. The lowest BCUT2D eigenvalue weighted by Crippen LogP contribution is -2.32. The monoisotopic (exact) mass is 687 g/mol. The van der Waals surface area contributed by atoms with Crippen LogP contribution in [0.25, 0.3) is 11.1 Å². The van der Waals surface area contributed by atoms with Crippen molar-refractivity contribution in [2.45, 2.75) is 56.5 Å². The Morgan fingerprint density at radius 1 is 0.875 bits per heavy atom. The van der Waals surface area contributed by atoms with Gasteiger partial charge in [0.25, 0.3) is 0 Å². The number of ether oxygens (including phenoxy) is 1. The Morgan fingerprint density at radius 2 is 1.50 bits per heavy atom. The fraction of sp³-hybridized carbons (Fsp3) is 0.273. The summed E-state index contributed by atoms with van der Waals surface area (Å²) in [5.74, 6) is -2.47. The SMILES string of the molecule is C[C@H]1[C@@H](c2cc(C(F)(F)F)cc(C(F)(F)F)c2)OC(=O)N1Cc1cc(C(F)(F)F)ccc1-c1ccc(F)c(C2C=CC(C(=O)O)=CC2)c1. The summed E-state index contributed by atoms with van der Waals surface area (Å²) in [6.07, 6.45) is -13.8. The molecule has 1 aliphatic heterocycles. The molecule has 3 aromatic carbocycles. The molecule has 3 aromatic rings. The van der Waals surface area contributed by atoms with E-state index >= 15 is 0 Å². The van der Waals surface area contributed by atoms with E-state index < -0.39 is 83.3 Å². The van der Waals surface area contributed by atoms with Crippen molar-refractivity contribution in [3.8, 4) is 11.1 Å². The number of halogens is 10. The van der Waals surface area contributed by atoms with Crippen LogP contribution in [0.4, 0.5) is 48.7 Å². The van der Waals surface area contributed by atoms with Crippen molar-refractivity contribution in [1.29, 1.82) is 0 Å². The summed E-state index contributed by atoms with van der Waals surface area (Å²) in [5, 5.41) is 9.18. The summed E-state index contributed by atoms with van der Waals surface area (Å²) < 4.78 is 142. The Bertz CT molecular complexity index is 1790. The fourth-order valence-corrected chi connectivity index (χ4v) is 5.67. The number of alkyl halides is 9. The van der Waals surface area contributed by atoms with Crippen LogP contribution in [0.5, 0.6) is 0 Å². The second kappa shape index (κ2) is 12.3. The Hall–Kier alpha value is -4.82. The third-order valence-corrected chi connectivity index (χ3v) is 8.16. The van der Waals surface area contributed by atoms with Gasteiger partial charge < -0.3 is 9.84 Å². The van der Waals surface area contributed by atoms with Gasteiger partial charge >= 0.3 is 30.6 Å². The van der Waals surface area contributed by atoms with Crippen LogP contribution in [0.1, 0.15) is 58.7 Å². The molecule has 254 valence electrons. The van der Waals surface area contributed by atoms with E-state index in [1.807, 2.05) is 0 Å². The number of amides is 1. The van der Waals surface area contributed by atoms with Crippen molar-refractivity contribution in [2.75, 3.05) is 0 Å². The van der Waals surface area contributed by atoms with Crippen molar-refractivity contribution in [3.63, 3.8) is 0 Å². The number of aliphatic carboxylic acids is 1. The maximum absolute atomic E-state index is 15.0. The zero-order valence-electron chi connectivity index (χ0n) is 24.5. The van der Waals surface area contributed by atoms with Gasteiger partial charge in [-0.1, -0.05) is 30.4 Å². The second-order valence-electron chi connectivity index (χ2n) is 11.3. The predicted octanol–water partition coefficient (Wildman–Crippen LogP) is 9.69. The van der Waals surface area contributed by atoms with Crippen LogP contribution in [0.15, 0.2) is 78.4 Å². The summed E-state index contributed by atoms with van der Waals surface area (Å²) in [4.78, 5) is 25.1. The van der Waals surface area contributed by atoms with Crippen molar-refractivity contribution in [2.24, 2.45) is 0 Å². The van der Waals surface area contributed by atoms with E-state index in [9.17, 15) is 58.6 Å². The molecule has 3 atom stereocenters. The molecular weight excluding hydrogens is 664 g/mol. The quantitative estimate of drug-likeness (QED) is 0.262. The average Bonchev–Trinajstić information content (AvgIpc) is 3.28. The molecular formula is C33H23F10NO4. The van der Waals surface area contributed by atoms with E-state index in [2.05, 4.69) is 0 Å². The van der Waals surface area contributed by atoms with E-state index in [-0.39, 0.29) is 40.3 Å². The van der Waals surface area contributed by atoms with Gasteiger partial charge in [-0.2, -0.15) is 39.5 Å². The number of allylic oxidation sites excluding steroid dienone is 2. The van der Waals surface area contributed by atoms with Gasteiger partial charge in [0.1, 0.15) is 11.9 Å². The number of hydrogen-bond acceptors (Lipinski definition) is 3. The Labute approximate surface area is 265 Å². The number of cyclic esters (lactones) is 1. The van der Waals surface area contributed by atoms with Crippen LogP contribution in [0.2, 0.25) is 0 Å². The molecule has 1 N–H and O–H groups in total. The van der Waals surface area contributed by atoms with Gasteiger partial charge in [-0.3, -0.25) is 4.90 Å². The Morgan fingerprint density at radius 3 is 2.04 bits per heavy atom. The lowest BCUT2D eigenvalue weighted by molar-refractivity contribution is -0.143. The first kappa shape index (κ1) is 34.5. The van der Waals surface area contributed by atoms with Crippen molar-refractivity contribution in [1.82, 2.24) is 4.90 Å². The lowest BCUT2D eigenvalue weighted by Gasteiger charge is -2.24. The van der Waals surface area contributed by atoms with Crippen LogP contribution in [0.3, 0.4) is 0 Å². The molecule has 5 rings (SSSR count). The predicted molar refractivity (Wildman–Crippen MR) is 150 cm³/mol. The summed E-state index contributed by atoms with van der Waals surface area (Å²) >= 11 is 0. The molecule has 0 saturated carbocycles. The zero-order chi connectivity index (χ0) is 35.3. The minimum Gasteiger partial charge on any atom is -0.478 e. The smallest absolute Gasteiger partial charge is 0.416 e. The summed E-state index contributed by atoms with van der Waals surface area (Å²) in [6.45, 7) is 0.655. The summed E-state index contributed by atoms with van der Waals surface area (Å²) in [5.41, 5.74) is -4.68. The third kappa shape index (κ3) is 7.04. The fourth-order valence-electron chi connectivity index (χ4n) is 5.67. The second-order valence-corrected chi connectivity index (χ2v) is 11.3. The van der Waals surface area contributed by atoms with Gasteiger partial charge in [0.05, 0.1) is 34.9 Å². The molecule has 1 unspecified atom stereocenters. The molecule has 1 fully saturated rings. The molecule has 1 heterocycles. The number of carboxylic acids is 1. The van der Waals surface area contributed by atoms with Crippen molar-refractivity contribution < 1.29 is 63.3 Å². The van der Waals surface area contributed by atoms with Crippen molar-refractivity contribution in [3.05, 3.63) is 118 Å². The Balaban J connectivity index is 1.52. The normalized spacial score (nSPS) is 20.1. The van der Waals surface area contributed by atoms with Gasteiger partial charge in [-0.05, 0) is 83.6 Å². The maximum Gasteiger partial charge on any atom is 0.416 e. The van der Waals surface area contributed by atoms with Crippen molar-refractivity contribution >= 4 is 12.1 Å². The molecule has 1 aliphatic carbocycles. The minimum absolute atomic E-state index is 0.00229. The molecule has 48 heavy (non-hydrogen) atoms. The number of benzene rings is 3. The first-order chi connectivity index (χ1) is 22.2. The number of nitrogens with zero attached hydrogens (tertiary/aromatic N) is 1. The van der Waals surface area contributed by atoms with Crippen LogP contribution < -0.4 is 0 Å². The molecule has 5 nitrogen and oxygen atoms in total. The molecule has 0 bridgehead atoms. The van der Waals surface area contributed by atoms with Crippen LogP contribution in [0, 0.1) is 5.82 Å². The van der Waals surface area contributed by atoms with E-state index in [1.165, 1.54) is 37.3 Å². The van der Waals surface area contributed by atoms with Gasteiger partial charge in [0, 0.05) is 5.92 Å². The third-order valence-electron chi connectivity index (χ3n) is 8.16. The van der Waals surface area contributed by atoms with Crippen LogP contribution in [-0.4, -0.2) is 28.1 Å². The van der Waals surface area contributed by atoms with E-state index in [0.29, 0.717) is 12.1 Å². The molecule has 0 spiro atoms. The molecule has 15 heteroatoms. The number of carbonyl (C=O) groups is 2. The number of hydrogen-bond donors (Lipinski definition) is 1. The first-order valence-corrected chi connectivity index (χ1v) is 14.1. The standard InChI is InChI=1S/C33H23F10NO4/c1-16-28(20-10-23(32(38,39)40)14-24(11-20)33(41,42)43)48-30(47)44(16)15-21-12-22(31(35,36)37)7-8-25(21)19-6-9-27(34)26(13-19)17-2-4-18(5-3-17)29(45)46/h2,4-14,16-17,28H,3,15H2,1H3,(H,45,46)/t16-,17?,28-/m0/s1. The largest absolute Gasteiger partial charge is 0.478 e. The number of rotatable bonds is 6. The van der Waals surface area contributed by atoms with E-state index in [1.54, 1.807) is 0 Å². The van der Waals surface area contributed by atoms with Crippen LogP contribution in [-0.2, 0) is 34.6 Å². The minimum atomic E-state index is -5.18. The highest BCUT2D eigenvalue weighted by Gasteiger charge is 2.44. The van der Waals surface area contributed by atoms with E-state index in [4.69, 9.17) is 4.74 Å². The molecule has 1 saturated heterocycles. The molecule has 0 radical (unpaired) electrons. The van der Waals surface area contributed by atoms with Gasteiger partial charge in [-0.15, -0.1) is 0 Å². The average molecular weight is 688 g/mol. The Kier molecular flexibility index (Phi) is 8.86.